The summed E-state index contributed by atoms with van der Waals surface area (Å²) in [7, 11) is 0. The Balaban J connectivity index is 3.02. The van der Waals surface area contributed by atoms with E-state index in [1.54, 1.807) is 0 Å². The molecule has 5 heavy (non-hydrogen) atoms. The fraction of sp³-hybridized carbons (Fsp3) is 1.00. The summed E-state index contributed by atoms with van der Waals surface area (Å²) in [6, 6.07) is 0. The molecule has 0 unspecified atom stereocenters. The second-order valence-corrected chi connectivity index (χ2v) is 12.4. The quantitative estimate of drug-likeness (QED) is 0.541. The number of hydrogen-bond acceptors (Lipinski definition) is 0. The molecule has 0 aromatic carbocycles. The minimum atomic E-state index is 0.722. The summed E-state index contributed by atoms with van der Waals surface area (Å²) in [4.78, 5) is 0. The van der Waals surface area contributed by atoms with E-state index in [2.05, 4.69) is 20.8 Å². The normalized spacial score (nSPS) is 12.2. The predicted octanol–water partition coefficient (Wildman–Crippen LogP) is 1.37. The van der Waals surface area contributed by atoms with Crippen LogP contribution < -0.4 is 0 Å². The minimum absolute atomic E-state index is 0.722. The maximum absolute atomic E-state index is 2.29. The van der Waals surface area contributed by atoms with E-state index in [0.717, 1.165) is 62.8 Å². The van der Waals surface area contributed by atoms with Crippen molar-refractivity contribution in [2.45, 2.75) is 17.6 Å². The molecule has 0 rings (SSSR count). The Morgan fingerprint density at radius 3 is 1.20 bits per heavy atom. The van der Waals surface area contributed by atoms with E-state index in [4.69, 9.17) is 0 Å². The molecule has 0 bridgehead atoms. The summed E-state index contributed by atoms with van der Waals surface area (Å²) in [5.74, 6) is 0. The fourth-order valence-corrected chi connectivity index (χ4v) is 0. The van der Waals surface area contributed by atoms with Gasteiger partial charge in [-0.2, -0.15) is 0 Å². The van der Waals surface area contributed by atoms with Gasteiger partial charge in [0.1, 0.15) is 0 Å². The molecule has 0 aliphatic heterocycles. The molecular formula is C4H9Cs. The van der Waals surface area contributed by atoms with E-state index in [9.17, 15) is 0 Å². The fourth-order valence-electron chi connectivity index (χ4n) is 0. The molecule has 0 saturated carbocycles. The molecular weight excluding hydrogens is 181 g/mol. The van der Waals surface area contributed by atoms with Gasteiger partial charge in [-0.1, -0.05) is 0 Å². The zero-order chi connectivity index (χ0) is 4.50. The van der Waals surface area contributed by atoms with Crippen LogP contribution in [0.2, 0.25) is -3.16 Å². The van der Waals surface area contributed by atoms with Crippen molar-refractivity contribution in [3.8, 4) is 0 Å². The average Bonchev–Trinajstić information content (AvgIpc) is 0.722. The Labute approximate surface area is 81.1 Å². The molecule has 0 amide bonds. The van der Waals surface area contributed by atoms with Gasteiger partial charge in [0.05, 0.1) is 0 Å². The Bertz CT molecular complexity index is 19.1. The third-order valence-corrected chi connectivity index (χ3v) is 0. The van der Waals surface area contributed by atoms with E-state index in [0.29, 0.717) is 0 Å². The van der Waals surface area contributed by atoms with Crippen molar-refractivity contribution in [1.29, 1.82) is 0 Å². The van der Waals surface area contributed by atoms with Crippen LogP contribution in [0, 0.1) is 0 Å². The van der Waals surface area contributed by atoms with Gasteiger partial charge in [0.15, 0.2) is 0 Å². The van der Waals surface area contributed by atoms with Gasteiger partial charge >= 0.3 is 83.5 Å². The molecule has 0 N–H and O–H groups in total. The van der Waals surface area contributed by atoms with Crippen LogP contribution in [-0.4, -0.2) is 65.9 Å². The standard InChI is InChI=1S/C4H9.Cs/c1-4(2)3;/h1-3H3;. The second-order valence-electron chi connectivity index (χ2n) is 3.00. The van der Waals surface area contributed by atoms with E-state index < -0.39 is 0 Å². The summed E-state index contributed by atoms with van der Waals surface area (Å²) >= 11 is 0.780. The molecule has 0 heterocycles. The van der Waals surface area contributed by atoms with Gasteiger partial charge < -0.3 is 0 Å². The Hall–Kier alpha value is 2.05. The summed E-state index contributed by atoms with van der Waals surface area (Å²) in [6.07, 6.45) is 0. The summed E-state index contributed by atoms with van der Waals surface area (Å²) in [5.41, 5.74) is 0. The molecule has 0 fully saturated rings. The van der Waals surface area contributed by atoms with Gasteiger partial charge in [0, 0.05) is 0 Å². The van der Waals surface area contributed by atoms with E-state index in [1.807, 2.05) is 0 Å². The molecule has 0 aliphatic rings. The van der Waals surface area contributed by atoms with Gasteiger partial charge in [0.25, 0.3) is 0 Å². The molecule has 0 spiro atoms. The first-order valence-corrected chi connectivity index (χ1v) is 5.14. The van der Waals surface area contributed by atoms with Crippen LogP contribution >= 0.6 is 0 Å². The molecule has 26 valence electrons. The SMILES string of the molecule is C[C](C)(C)[Cs]. The van der Waals surface area contributed by atoms with Crippen molar-refractivity contribution in [3.63, 3.8) is 0 Å². The van der Waals surface area contributed by atoms with Crippen LogP contribution in [0.1, 0.15) is 20.8 Å². The van der Waals surface area contributed by atoms with Gasteiger partial charge in [-0.25, -0.2) is 0 Å². The first kappa shape index (κ1) is 7.05. The van der Waals surface area contributed by atoms with Crippen molar-refractivity contribution in [2.75, 3.05) is 0 Å². The molecule has 0 nitrogen and oxygen atoms in total. The van der Waals surface area contributed by atoms with E-state index >= 15 is 0 Å². The molecule has 0 aromatic rings. The molecule has 0 radical (unpaired) electrons. The van der Waals surface area contributed by atoms with E-state index in [-0.39, 0.29) is 0 Å². The first-order valence-electron chi connectivity index (χ1n) is 2.00. The summed E-state index contributed by atoms with van der Waals surface area (Å²) in [5, 5.41) is 0. The summed E-state index contributed by atoms with van der Waals surface area (Å²) in [6.45, 7) is 6.86. The third-order valence-electron chi connectivity index (χ3n) is 0. The van der Waals surface area contributed by atoms with Crippen LogP contribution in [0.25, 0.3) is 0 Å². The van der Waals surface area contributed by atoms with Gasteiger partial charge in [-0.05, 0) is 0 Å². The van der Waals surface area contributed by atoms with Crippen LogP contribution in [-0.2, 0) is 0 Å². The average molecular weight is 190 g/mol. The van der Waals surface area contributed by atoms with Crippen molar-refractivity contribution >= 4 is 65.9 Å². The first-order chi connectivity index (χ1) is 2.00. The van der Waals surface area contributed by atoms with Crippen molar-refractivity contribution in [2.24, 2.45) is 0 Å². The van der Waals surface area contributed by atoms with Crippen molar-refractivity contribution < 1.29 is 0 Å². The van der Waals surface area contributed by atoms with Crippen LogP contribution in [0.5, 0.6) is 0 Å². The van der Waals surface area contributed by atoms with Gasteiger partial charge in [-0.15, -0.1) is 0 Å². The van der Waals surface area contributed by atoms with Crippen LogP contribution in [0.4, 0.5) is 0 Å². The van der Waals surface area contributed by atoms with Gasteiger partial charge in [-0.3, -0.25) is 0 Å². The Morgan fingerprint density at radius 2 is 1.20 bits per heavy atom. The predicted molar refractivity (Wildman–Crippen MR) is 25.5 cm³/mol. The molecule has 0 aromatic heterocycles. The van der Waals surface area contributed by atoms with Crippen LogP contribution in [0.15, 0.2) is 0 Å². The van der Waals surface area contributed by atoms with E-state index in [1.165, 1.54) is 0 Å². The second kappa shape index (κ2) is 2.38. The molecule has 0 aliphatic carbocycles. The van der Waals surface area contributed by atoms with Crippen LogP contribution in [0.3, 0.4) is 0 Å². The molecule has 0 saturated heterocycles. The van der Waals surface area contributed by atoms with Crippen molar-refractivity contribution in [1.82, 2.24) is 0 Å². The molecule has 0 atom stereocenters. The zero-order valence-corrected chi connectivity index (χ0v) is 10.8. The Morgan fingerprint density at radius 1 is 1.20 bits per heavy atom. The Kier molecular flexibility index (Phi) is 3.36. The topological polar surface area (TPSA) is 0 Å². The monoisotopic (exact) mass is 190 g/mol. The van der Waals surface area contributed by atoms with Gasteiger partial charge in [0.2, 0.25) is 0 Å². The maximum atomic E-state index is 2.29. The molecule has 1 heteroatoms. The summed E-state index contributed by atoms with van der Waals surface area (Å²) < 4.78 is 0.722. The van der Waals surface area contributed by atoms with Crippen molar-refractivity contribution in [3.05, 3.63) is 0 Å². The number of hydrogen-bond donors (Lipinski definition) is 0. The number of rotatable bonds is 0. The third kappa shape index (κ3) is 23.6. The zero-order valence-electron chi connectivity index (χ0n) is 4.50.